The van der Waals surface area contributed by atoms with Gasteiger partial charge < -0.3 is 10.4 Å². The molecule has 2 N–H and O–H groups in total. The lowest BCUT2D eigenvalue weighted by Crippen LogP contribution is -2.36. The molecule has 1 unspecified atom stereocenters. The van der Waals surface area contributed by atoms with Crippen LogP contribution in [0.25, 0.3) is 0 Å². The number of carbonyl (C=O) groups excluding carboxylic acids is 2. The summed E-state index contributed by atoms with van der Waals surface area (Å²) in [5.41, 5.74) is -0.555. The van der Waals surface area contributed by atoms with E-state index in [2.05, 4.69) is 5.32 Å². The Morgan fingerprint density at radius 2 is 1.75 bits per heavy atom. The number of hydrogen-bond acceptors (Lipinski definition) is 4. The molecule has 0 aromatic heterocycles. The van der Waals surface area contributed by atoms with Crippen molar-refractivity contribution in [2.24, 2.45) is 0 Å². The summed E-state index contributed by atoms with van der Waals surface area (Å²) in [6.45, 7) is 0. The molecule has 6 nitrogen and oxygen atoms in total. The number of benzene rings is 2. The molecule has 1 fully saturated rings. The van der Waals surface area contributed by atoms with Crippen molar-refractivity contribution in [3.8, 4) is 0 Å². The Bertz CT molecular complexity index is 926. The summed E-state index contributed by atoms with van der Waals surface area (Å²) in [4.78, 5) is 36.1. The summed E-state index contributed by atoms with van der Waals surface area (Å²) in [6, 6.07) is 9.59. The highest BCUT2D eigenvalue weighted by Gasteiger charge is 2.44. The van der Waals surface area contributed by atoms with Crippen LogP contribution in [-0.2, 0) is 27.0 Å². The van der Waals surface area contributed by atoms with Crippen LogP contribution in [0.15, 0.2) is 48.5 Å². The first kappa shape index (κ1) is 19.4. The van der Waals surface area contributed by atoms with Crippen molar-refractivity contribution in [1.82, 2.24) is 0 Å². The Balaban J connectivity index is 1.80. The highest BCUT2D eigenvalue weighted by atomic mass is 19.4. The van der Waals surface area contributed by atoms with Crippen molar-refractivity contribution in [2.75, 3.05) is 10.2 Å². The average Bonchev–Trinajstić information content (AvgIpc) is 2.89. The summed E-state index contributed by atoms with van der Waals surface area (Å²) in [6.07, 6.45) is -5.16. The van der Waals surface area contributed by atoms with E-state index in [9.17, 15) is 27.6 Å². The number of carboxylic acids is 1. The summed E-state index contributed by atoms with van der Waals surface area (Å²) >= 11 is 0. The summed E-state index contributed by atoms with van der Waals surface area (Å²) in [5.74, 6) is -2.51. The highest BCUT2D eigenvalue weighted by molar-refractivity contribution is 6.23. The van der Waals surface area contributed by atoms with Crippen LogP contribution in [0.3, 0.4) is 0 Å². The lowest BCUT2D eigenvalue weighted by atomic mass is 10.1. The van der Waals surface area contributed by atoms with E-state index in [-0.39, 0.29) is 12.8 Å². The SMILES string of the molecule is O=C(O)Cc1ccc(NC2CC(=O)N(c3ccccc3C(F)(F)F)C2=O)cc1. The number of alkyl halides is 3. The van der Waals surface area contributed by atoms with Gasteiger partial charge in [-0.05, 0) is 29.8 Å². The van der Waals surface area contributed by atoms with Crippen LogP contribution in [0.1, 0.15) is 17.5 Å². The van der Waals surface area contributed by atoms with Gasteiger partial charge in [-0.1, -0.05) is 24.3 Å². The second-order valence-electron chi connectivity index (χ2n) is 6.25. The standard InChI is InChI=1S/C19H15F3N2O4/c20-19(21,22)13-3-1-2-4-15(13)24-16(25)10-14(18(24)28)23-12-7-5-11(6-8-12)9-17(26)27/h1-8,14,23H,9-10H2,(H,26,27). The molecule has 9 heteroatoms. The maximum atomic E-state index is 13.2. The van der Waals surface area contributed by atoms with Crippen molar-refractivity contribution in [3.63, 3.8) is 0 Å². The van der Waals surface area contributed by atoms with Crippen molar-refractivity contribution in [2.45, 2.75) is 25.1 Å². The van der Waals surface area contributed by atoms with E-state index in [0.717, 1.165) is 12.1 Å². The molecule has 0 spiro atoms. The molecule has 2 amide bonds. The molecule has 1 saturated heterocycles. The zero-order valence-electron chi connectivity index (χ0n) is 14.4. The minimum absolute atomic E-state index is 0.164. The lowest BCUT2D eigenvalue weighted by molar-refractivity contribution is -0.138. The molecule has 1 aliphatic rings. The fraction of sp³-hybridized carbons (Fsp3) is 0.211. The quantitative estimate of drug-likeness (QED) is 0.764. The number of nitrogens with one attached hydrogen (secondary N) is 1. The molecular formula is C19H15F3N2O4. The maximum absolute atomic E-state index is 13.2. The number of halogens is 3. The van der Waals surface area contributed by atoms with Crippen LogP contribution in [0, 0.1) is 0 Å². The number of para-hydroxylation sites is 1. The second kappa shape index (κ2) is 7.34. The van der Waals surface area contributed by atoms with Gasteiger partial charge in [0.25, 0.3) is 5.91 Å². The van der Waals surface area contributed by atoms with Crippen LogP contribution < -0.4 is 10.2 Å². The normalized spacial score (nSPS) is 17.1. The van der Waals surface area contributed by atoms with Crippen LogP contribution in [0.5, 0.6) is 0 Å². The molecule has 28 heavy (non-hydrogen) atoms. The van der Waals surface area contributed by atoms with Gasteiger partial charge in [0.05, 0.1) is 24.1 Å². The number of carboxylic acid groups (broad SMARTS) is 1. The predicted octanol–water partition coefficient (Wildman–Crippen LogP) is 3.08. The van der Waals surface area contributed by atoms with Crippen molar-refractivity contribution >= 4 is 29.2 Å². The summed E-state index contributed by atoms with van der Waals surface area (Å²) in [7, 11) is 0. The highest BCUT2D eigenvalue weighted by Crippen LogP contribution is 2.38. The Morgan fingerprint density at radius 3 is 2.36 bits per heavy atom. The van der Waals surface area contributed by atoms with E-state index >= 15 is 0 Å². The molecule has 3 rings (SSSR count). The minimum Gasteiger partial charge on any atom is -0.481 e. The number of amides is 2. The molecule has 2 aromatic carbocycles. The molecule has 0 radical (unpaired) electrons. The average molecular weight is 392 g/mol. The van der Waals surface area contributed by atoms with Gasteiger partial charge in [0.15, 0.2) is 0 Å². The molecule has 1 aliphatic heterocycles. The number of anilines is 2. The number of rotatable bonds is 5. The Kier molecular flexibility index (Phi) is 5.08. The topological polar surface area (TPSA) is 86.7 Å². The number of nitrogens with zero attached hydrogens (tertiary/aromatic N) is 1. The van der Waals surface area contributed by atoms with Gasteiger partial charge in [0.2, 0.25) is 5.91 Å². The molecule has 2 aromatic rings. The molecule has 1 atom stereocenters. The van der Waals surface area contributed by atoms with E-state index in [4.69, 9.17) is 5.11 Å². The zero-order valence-corrected chi connectivity index (χ0v) is 14.4. The minimum atomic E-state index is -4.71. The Morgan fingerprint density at radius 1 is 1.11 bits per heavy atom. The third-order valence-corrected chi connectivity index (χ3v) is 4.25. The monoisotopic (exact) mass is 392 g/mol. The Hall–Kier alpha value is -3.36. The molecular weight excluding hydrogens is 377 g/mol. The molecule has 1 heterocycles. The first-order valence-corrected chi connectivity index (χ1v) is 8.27. The van der Waals surface area contributed by atoms with Crippen LogP contribution in [0.2, 0.25) is 0 Å². The van der Waals surface area contributed by atoms with E-state index < -0.39 is 41.3 Å². The van der Waals surface area contributed by atoms with Gasteiger partial charge in [-0.3, -0.25) is 14.4 Å². The zero-order chi connectivity index (χ0) is 20.5. The number of carbonyl (C=O) groups is 3. The fourth-order valence-corrected chi connectivity index (χ4v) is 3.00. The number of aliphatic carboxylic acids is 1. The lowest BCUT2D eigenvalue weighted by Gasteiger charge is -2.20. The van der Waals surface area contributed by atoms with Gasteiger partial charge in [-0.15, -0.1) is 0 Å². The van der Waals surface area contributed by atoms with Gasteiger partial charge in [-0.25, -0.2) is 4.90 Å². The van der Waals surface area contributed by atoms with Gasteiger partial charge >= 0.3 is 12.1 Å². The van der Waals surface area contributed by atoms with Crippen molar-refractivity contribution < 1.29 is 32.7 Å². The van der Waals surface area contributed by atoms with Crippen molar-refractivity contribution in [3.05, 3.63) is 59.7 Å². The maximum Gasteiger partial charge on any atom is 0.418 e. The van der Waals surface area contributed by atoms with Gasteiger partial charge in [-0.2, -0.15) is 13.2 Å². The van der Waals surface area contributed by atoms with Crippen LogP contribution in [-0.4, -0.2) is 28.9 Å². The molecule has 0 bridgehead atoms. The number of imide groups is 1. The van der Waals surface area contributed by atoms with E-state index in [0.29, 0.717) is 16.2 Å². The number of hydrogen-bond donors (Lipinski definition) is 2. The Labute approximate surface area is 157 Å². The molecule has 0 saturated carbocycles. The predicted molar refractivity (Wildman–Crippen MR) is 93.7 cm³/mol. The molecule has 146 valence electrons. The van der Waals surface area contributed by atoms with E-state index in [1.807, 2.05) is 0 Å². The van der Waals surface area contributed by atoms with Crippen LogP contribution >= 0.6 is 0 Å². The molecule has 0 aliphatic carbocycles. The third kappa shape index (κ3) is 3.98. The second-order valence-corrected chi connectivity index (χ2v) is 6.25. The van der Waals surface area contributed by atoms with Gasteiger partial charge in [0, 0.05) is 5.69 Å². The largest absolute Gasteiger partial charge is 0.481 e. The third-order valence-electron chi connectivity index (χ3n) is 4.25. The summed E-state index contributed by atoms with van der Waals surface area (Å²) in [5, 5.41) is 11.6. The van der Waals surface area contributed by atoms with E-state index in [1.54, 1.807) is 24.3 Å². The first-order valence-electron chi connectivity index (χ1n) is 8.27. The van der Waals surface area contributed by atoms with Crippen LogP contribution in [0.4, 0.5) is 24.5 Å². The fourth-order valence-electron chi connectivity index (χ4n) is 3.00. The smallest absolute Gasteiger partial charge is 0.418 e. The van der Waals surface area contributed by atoms with Gasteiger partial charge in [0.1, 0.15) is 6.04 Å². The van der Waals surface area contributed by atoms with E-state index in [1.165, 1.54) is 12.1 Å². The van der Waals surface area contributed by atoms with Crippen molar-refractivity contribution in [1.29, 1.82) is 0 Å². The first-order chi connectivity index (χ1) is 13.2. The summed E-state index contributed by atoms with van der Waals surface area (Å²) < 4.78 is 39.7.